The van der Waals surface area contributed by atoms with E-state index in [1.165, 1.54) is 0 Å². The minimum absolute atomic E-state index is 0.124. The average Bonchev–Trinajstić information content (AvgIpc) is 2.45. The Morgan fingerprint density at radius 1 is 1.28 bits per heavy atom. The minimum atomic E-state index is -1.05. The Morgan fingerprint density at radius 2 is 1.92 bits per heavy atom. The number of aryl methyl sites for hydroxylation is 1. The number of nitrogens with one attached hydrogen (secondary N) is 1. The maximum absolute atomic E-state index is 12.6. The summed E-state index contributed by atoms with van der Waals surface area (Å²) < 4.78 is 5.51. The molecule has 0 radical (unpaired) electrons. The molecule has 4 N–H and O–H groups in total. The number of esters is 1. The second-order valence-corrected chi connectivity index (χ2v) is 8.21. The van der Waals surface area contributed by atoms with Crippen LogP contribution in [-0.4, -0.2) is 29.3 Å². The molecule has 1 fully saturated rings. The van der Waals surface area contributed by atoms with Crippen molar-refractivity contribution in [3.63, 3.8) is 0 Å². The molecule has 1 aliphatic rings. The number of nitrogens with two attached hydrogens (primary N) is 1. The molecule has 6 nitrogen and oxygen atoms in total. The number of ether oxygens (including phenoxy) is 1. The SMILES string of the molecule is Cc1ccccc1OC(=O)C(N)C1(C)CC(NC(=O)O)CC(C)(C)C1. The third kappa shape index (κ3) is 4.72. The van der Waals surface area contributed by atoms with E-state index in [-0.39, 0.29) is 11.5 Å². The van der Waals surface area contributed by atoms with Crippen molar-refractivity contribution in [3.05, 3.63) is 29.8 Å². The number of hydrogen-bond donors (Lipinski definition) is 3. The van der Waals surface area contributed by atoms with Gasteiger partial charge in [0.2, 0.25) is 0 Å². The van der Waals surface area contributed by atoms with Crippen molar-refractivity contribution in [1.29, 1.82) is 0 Å². The zero-order valence-electron chi connectivity index (χ0n) is 15.3. The van der Waals surface area contributed by atoms with E-state index in [9.17, 15) is 9.59 Å². The summed E-state index contributed by atoms with van der Waals surface area (Å²) in [6, 6.07) is 6.22. The molecule has 138 valence electrons. The Hall–Kier alpha value is -2.08. The van der Waals surface area contributed by atoms with Crippen LogP contribution >= 0.6 is 0 Å². The molecule has 1 aromatic rings. The first-order valence-electron chi connectivity index (χ1n) is 8.55. The Kier molecular flexibility index (Phi) is 5.42. The fourth-order valence-corrected chi connectivity index (χ4v) is 4.18. The van der Waals surface area contributed by atoms with Gasteiger partial charge >= 0.3 is 12.1 Å². The van der Waals surface area contributed by atoms with E-state index in [1.807, 2.05) is 26.0 Å². The van der Waals surface area contributed by atoms with Crippen LogP contribution in [0.25, 0.3) is 0 Å². The Labute approximate surface area is 148 Å². The summed E-state index contributed by atoms with van der Waals surface area (Å²) in [6.45, 7) is 7.95. The first-order chi connectivity index (χ1) is 11.5. The van der Waals surface area contributed by atoms with Gasteiger partial charge in [-0.3, -0.25) is 0 Å². The predicted molar refractivity (Wildman–Crippen MR) is 95.5 cm³/mol. The van der Waals surface area contributed by atoms with Gasteiger partial charge in [-0.1, -0.05) is 39.0 Å². The third-order valence-electron chi connectivity index (χ3n) is 5.03. The summed E-state index contributed by atoms with van der Waals surface area (Å²) in [5, 5.41) is 11.6. The van der Waals surface area contributed by atoms with E-state index in [0.717, 1.165) is 12.0 Å². The predicted octanol–water partition coefficient (Wildman–Crippen LogP) is 3.08. The maximum Gasteiger partial charge on any atom is 0.404 e. The van der Waals surface area contributed by atoms with Gasteiger partial charge in [0.15, 0.2) is 0 Å². The molecule has 3 atom stereocenters. The van der Waals surface area contributed by atoms with Crippen molar-refractivity contribution in [2.45, 2.75) is 59.0 Å². The minimum Gasteiger partial charge on any atom is -0.465 e. The molecule has 25 heavy (non-hydrogen) atoms. The monoisotopic (exact) mass is 348 g/mol. The second-order valence-electron chi connectivity index (χ2n) is 8.21. The van der Waals surface area contributed by atoms with Gasteiger partial charge in [0.05, 0.1) is 0 Å². The largest absolute Gasteiger partial charge is 0.465 e. The van der Waals surface area contributed by atoms with Crippen LogP contribution in [0.5, 0.6) is 5.75 Å². The molecular formula is C19H28N2O4. The van der Waals surface area contributed by atoms with Crippen LogP contribution in [0.4, 0.5) is 4.79 Å². The molecule has 1 saturated carbocycles. The standard InChI is InChI=1S/C19H28N2O4/c1-12-7-5-6-8-14(12)25-16(22)15(20)19(4)10-13(21-17(23)24)9-18(2,3)11-19/h5-8,13,15,21H,9-11,20H2,1-4H3,(H,23,24). The van der Waals surface area contributed by atoms with Crippen molar-refractivity contribution >= 4 is 12.1 Å². The van der Waals surface area contributed by atoms with E-state index >= 15 is 0 Å². The highest BCUT2D eigenvalue weighted by molar-refractivity contribution is 5.79. The molecule has 6 heteroatoms. The lowest BCUT2D eigenvalue weighted by Crippen LogP contribution is -2.56. The Balaban J connectivity index is 2.17. The van der Waals surface area contributed by atoms with Gasteiger partial charge in [-0.15, -0.1) is 0 Å². The normalized spacial score (nSPS) is 26.5. The molecule has 0 aliphatic heterocycles. The van der Waals surface area contributed by atoms with E-state index in [0.29, 0.717) is 18.6 Å². The summed E-state index contributed by atoms with van der Waals surface area (Å²) in [5.41, 5.74) is 6.48. The first-order valence-corrected chi connectivity index (χ1v) is 8.55. The Bertz CT molecular complexity index is 659. The van der Waals surface area contributed by atoms with Crippen LogP contribution in [0.2, 0.25) is 0 Å². The average molecular weight is 348 g/mol. The second kappa shape index (κ2) is 7.04. The number of carboxylic acid groups (broad SMARTS) is 1. The molecule has 0 bridgehead atoms. The first kappa shape index (κ1) is 19.2. The quantitative estimate of drug-likeness (QED) is 0.573. The van der Waals surface area contributed by atoms with Crippen LogP contribution in [0.1, 0.15) is 45.6 Å². The van der Waals surface area contributed by atoms with Gasteiger partial charge < -0.3 is 20.9 Å². The molecule has 0 spiro atoms. The van der Waals surface area contributed by atoms with Crippen molar-refractivity contribution in [2.24, 2.45) is 16.6 Å². The maximum atomic E-state index is 12.6. The molecule has 3 unspecified atom stereocenters. The molecular weight excluding hydrogens is 320 g/mol. The lowest BCUT2D eigenvalue weighted by Gasteiger charge is -2.48. The van der Waals surface area contributed by atoms with Crippen LogP contribution in [0.15, 0.2) is 24.3 Å². The van der Waals surface area contributed by atoms with Gasteiger partial charge in [-0.05, 0) is 48.6 Å². The fourth-order valence-electron chi connectivity index (χ4n) is 4.18. The molecule has 0 heterocycles. The van der Waals surface area contributed by atoms with Crippen LogP contribution in [0.3, 0.4) is 0 Å². The van der Waals surface area contributed by atoms with E-state index in [1.54, 1.807) is 12.1 Å². The molecule has 0 saturated heterocycles. The van der Waals surface area contributed by atoms with Crippen molar-refractivity contribution < 1.29 is 19.4 Å². The number of hydrogen-bond acceptors (Lipinski definition) is 4. The van der Waals surface area contributed by atoms with E-state index in [2.05, 4.69) is 19.2 Å². The van der Waals surface area contributed by atoms with Gasteiger partial charge in [0.25, 0.3) is 0 Å². The fraction of sp³-hybridized carbons (Fsp3) is 0.579. The third-order valence-corrected chi connectivity index (χ3v) is 5.03. The smallest absolute Gasteiger partial charge is 0.404 e. The number of benzene rings is 1. The molecule has 2 rings (SSSR count). The summed E-state index contributed by atoms with van der Waals surface area (Å²) in [7, 11) is 0. The summed E-state index contributed by atoms with van der Waals surface area (Å²) in [4.78, 5) is 23.7. The summed E-state index contributed by atoms with van der Waals surface area (Å²) in [6.07, 6.45) is 0.893. The van der Waals surface area contributed by atoms with E-state index in [4.69, 9.17) is 15.6 Å². The summed E-state index contributed by atoms with van der Waals surface area (Å²) >= 11 is 0. The lowest BCUT2D eigenvalue weighted by atomic mass is 9.60. The highest BCUT2D eigenvalue weighted by Crippen LogP contribution is 2.47. The molecule has 1 aromatic carbocycles. The number of carbonyl (C=O) groups excluding carboxylic acids is 1. The molecule has 1 amide bonds. The van der Waals surface area contributed by atoms with Gasteiger partial charge in [0.1, 0.15) is 11.8 Å². The zero-order chi connectivity index (χ0) is 18.8. The molecule has 0 aromatic heterocycles. The van der Waals surface area contributed by atoms with E-state index < -0.39 is 23.5 Å². The lowest BCUT2D eigenvalue weighted by molar-refractivity contribution is -0.140. The molecule has 1 aliphatic carbocycles. The van der Waals surface area contributed by atoms with Crippen LogP contribution in [0, 0.1) is 17.8 Å². The number of carbonyl (C=O) groups is 2. The van der Waals surface area contributed by atoms with Gasteiger partial charge in [-0.2, -0.15) is 0 Å². The highest BCUT2D eigenvalue weighted by atomic mass is 16.5. The zero-order valence-corrected chi connectivity index (χ0v) is 15.3. The van der Waals surface area contributed by atoms with Gasteiger partial charge in [-0.25, -0.2) is 9.59 Å². The topological polar surface area (TPSA) is 102 Å². The number of amides is 1. The van der Waals surface area contributed by atoms with Crippen LogP contribution in [-0.2, 0) is 4.79 Å². The van der Waals surface area contributed by atoms with Crippen LogP contribution < -0.4 is 15.8 Å². The summed E-state index contributed by atoms with van der Waals surface area (Å²) in [5.74, 6) is 0.0189. The number of rotatable bonds is 4. The highest BCUT2D eigenvalue weighted by Gasteiger charge is 2.47. The van der Waals surface area contributed by atoms with Crippen molar-refractivity contribution in [2.75, 3.05) is 0 Å². The van der Waals surface area contributed by atoms with Gasteiger partial charge in [0, 0.05) is 6.04 Å². The Morgan fingerprint density at radius 3 is 2.52 bits per heavy atom. The van der Waals surface area contributed by atoms with Crippen molar-refractivity contribution in [3.8, 4) is 5.75 Å². The number of para-hydroxylation sites is 1. The van der Waals surface area contributed by atoms with Crippen molar-refractivity contribution in [1.82, 2.24) is 5.32 Å².